The van der Waals surface area contributed by atoms with E-state index in [1.165, 1.54) is 6.08 Å². The summed E-state index contributed by atoms with van der Waals surface area (Å²) in [5.74, 6) is 0.226. The number of allylic oxidation sites excluding steroid dienone is 6. The van der Waals surface area contributed by atoms with Gasteiger partial charge in [0.25, 0.3) is 6.43 Å². The van der Waals surface area contributed by atoms with Crippen LogP contribution in [0.25, 0.3) is 0 Å². The maximum absolute atomic E-state index is 12.7. The standard InChI is InChI=1S/C14H16F2/c1-9(2)13-8-11(4)12(14(15)16)7-5-6-10(13)3/h5-7,9,14H,3H2,1-2,4H3/b6-5-,12-7+. The summed E-state index contributed by atoms with van der Waals surface area (Å²) >= 11 is 0. The topological polar surface area (TPSA) is 0 Å². The lowest BCUT2D eigenvalue weighted by Crippen LogP contribution is -2.01. The zero-order chi connectivity index (χ0) is 12.3. The molecule has 0 unspecified atom stereocenters. The molecule has 0 nitrogen and oxygen atoms in total. The van der Waals surface area contributed by atoms with Crippen LogP contribution in [0.2, 0.25) is 0 Å². The monoisotopic (exact) mass is 222 g/mol. The molecule has 0 saturated carbocycles. The molecule has 86 valence electrons. The van der Waals surface area contributed by atoms with Gasteiger partial charge in [0.1, 0.15) is 0 Å². The summed E-state index contributed by atoms with van der Waals surface area (Å²) in [6.07, 6.45) is 2.33. The van der Waals surface area contributed by atoms with Crippen LogP contribution in [-0.4, -0.2) is 6.43 Å². The van der Waals surface area contributed by atoms with Gasteiger partial charge in [0.2, 0.25) is 0 Å². The molecule has 16 heavy (non-hydrogen) atoms. The number of hydrogen-bond donors (Lipinski definition) is 0. The van der Waals surface area contributed by atoms with Crippen LogP contribution in [0, 0.1) is 5.92 Å². The molecule has 0 aliphatic heterocycles. The second-order valence-electron chi connectivity index (χ2n) is 4.13. The largest absolute Gasteiger partial charge is 0.264 e. The molecule has 2 heteroatoms. The first-order valence-corrected chi connectivity index (χ1v) is 5.27. The van der Waals surface area contributed by atoms with E-state index in [4.69, 9.17) is 0 Å². The molecule has 0 heterocycles. The molecule has 0 aromatic heterocycles. The summed E-state index contributed by atoms with van der Waals surface area (Å²) in [7, 11) is 0. The molecule has 0 saturated heterocycles. The molecule has 0 aromatic carbocycles. The average Bonchev–Trinajstić information content (AvgIpc) is 2.16. The van der Waals surface area contributed by atoms with Crippen molar-refractivity contribution in [2.45, 2.75) is 27.2 Å². The van der Waals surface area contributed by atoms with E-state index in [0.717, 1.165) is 11.1 Å². The van der Waals surface area contributed by atoms with E-state index in [9.17, 15) is 8.78 Å². The van der Waals surface area contributed by atoms with E-state index in [1.807, 2.05) is 13.8 Å². The van der Waals surface area contributed by atoms with Crippen molar-refractivity contribution in [3.63, 3.8) is 0 Å². The van der Waals surface area contributed by atoms with Crippen LogP contribution in [0.4, 0.5) is 8.78 Å². The normalized spacial score (nSPS) is 22.2. The van der Waals surface area contributed by atoms with Gasteiger partial charge in [-0.15, -0.1) is 5.73 Å². The summed E-state index contributed by atoms with van der Waals surface area (Å²) in [6.45, 7) is 9.57. The van der Waals surface area contributed by atoms with Gasteiger partial charge in [0.15, 0.2) is 0 Å². The Morgan fingerprint density at radius 2 is 1.94 bits per heavy atom. The third-order valence-electron chi connectivity index (χ3n) is 2.49. The predicted octanol–water partition coefficient (Wildman–Crippen LogP) is 4.43. The quantitative estimate of drug-likeness (QED) is 0.606. The number of rotatable bonds is 2. The van der Waals surface area contributed by atoms with E-state index >= 15 is 0 Å². The minimum atomic E-state index is -2.46. The van der Waals surface area contributed by atoms with Gasteiger partial charge in [-0.2, -0.15) is 0 Å². The minimum absolute atomic E-state index is 0.0295. The van der Waals surface area contributed by atoms with Crippen molar-refractivity contribution in [1.82, 2.24) is 0 Å². The second kappa shape index (κ2) is 5.09. The van der Waals surface area contributed by atoms with Gasteiger partial charge < -0.3 is 0 Å². The highest BCUT2D eigenvalue weighted by Crippen LogP contribution is 2.24. The van der Waals surface area contributed by atoms with Gasteiger partial charge >= 0.3 is 0 Å². The van der Waals surface area contributed by atoms with Gasteiger partial charge in [-0.1, -0.05) is 38.7 Å². The predicted molar refractivity (Wildman–Crippen MR) is 63.4 cm³/mol. The van der Waals surface area contributed by atoms with Gasteiger partial charge in [-0.3, -0.25) is 0 Å². The first-order valence-electron chi connectivity index (χ1n) is 5.27. The fraction of sp³-hybridized carbons (Fsp3) is 0.357. The van der Waals surface area contributed by atoms with E-state index in [2.05, 4.69) is 12.3 Å². The summed E-state index contributed by atoms with van der Waals surface area (Å²) in [5, 5.41) is 0. The van der Waals surface area contributed by atoms with Crippen molar-refractivity contribution in [3.8, 4) is 0 Å². The second-order valence-corrected chi connectivity index (χ2v) is 4.13. The highest BCUT2D eigenvalue weighted by atomic mass is 19.3. The molecular formula is C14H16F2. The highest BCUT2D eigenvalue weighted by molar-refractivity contribution is 5.46. The molecule has 1 aliphatic carbocycles. The van der Waals surface area contributed by atoms with Crippen LogP contribution >= 0.6 is 0 Å². The molecule has 0 fully saturated rings. The van der Waals surface area contributed by atoms with Crippen LogP contribution in [0.1, 0.15) is 20.8 Å². The first-order chi connectivity index (χ1) is 7.43. The van der Waals surface area contributed by atoms with Crippen molar-refractivity contribution >= 4 is 0 Å². The van der Waals surface area contributed by atoms with Crippen LogP contribution in [0.3, 0.4) is 0 Å². The number of hydrogen-bond acceptors (Lipinski definition) is 0. The summed E-state index contributed by atoms with van der Waals surface area (Å²) in [4.78, 5) is 0. The molecule has 0 aromatic rings. The van der Waals surface area contributed by atoms with Crippen molar-refractivity contribution in [1.29, 1.82) is 0 Å². The zero-order valence-electron chi connectivity index (χ0n) is 9.85. The lowest BCUT2D eigenvalue weighted by molar-refractivity contribution is 0.192. The van der Waals surface area contributed by atoms with Gasteiger partial charge in [-0.25, -0.2) is 8.78 Å². The molecule has 0 bridgehead atoms. The Labute approximate surface area is 95.4 Å². The van der Waals surface area contributed by atoms with E-state index in [1.54, 1.807) is 19.1 Å². The SMILES string of the molecule is C=C1/C=C\C=C(\C(F)F)C(C)=C=C1C(C)C. The Morgan fingerprint density at radius 3 is 2.44 bits per heavy atom. The Balaban J connectivity index is 3.35. The maximum Gasteiger partial charge on any atom is 0.264 e. The zero-order valence-corrected chi connectivity index (χ0v) is 9.85. The molecule has 0 radical (unpaired) electrons. The van der Waals surface area contributed by atoms with Gasteiger partial charge in [-0.05, 0) is 18.4 Å². The summed E-state index contributed by atoms with van der Waals surface area (Å²) < 4.78 is 25.4. The van der Waals surface area contributed by atoms with E-state index in [-0.39, 0.29) is 11.5 Å². The smallest absolute Gasteiger partial charge is 0.205 e. The summed E-state index contributed by atoms with van der Waals surface area (Å²) in [5.41, 5.74) is 5.27. The first kappa shape index (κ1) is 12.7. The number of alkyl halides is 2. The molecule has 0 atom stereocenters. The third-order valence-corrected chi connectivity index (χ3v) is 2.49. The Kier molecular flexibility index (Phi) is 4.03. The fourth-order valence-electron chi connectivity index (χ4n) is 1.59. The van der Waals surface area contributed by atoms with Crippen molar-refractivity contribution in [2.24, 2.45) is 5.92 Å². The Morgan fingerprint density at radius 1 is 1.31 bits per heavy atom. The lowest BCUT2D eigenvalue weighted by atomic mass is 9.93. The Hall–Kier alpha value is -1.40. The fourth-order valence-corrected chi connectivity index (χ4v) is 1.59. The molecule has 0 amide bonds. The van der Waals surface area contributed by atoms with Crippen molar-refractivity contribution in [2.75, 3.05) is 0 Å². The van der Waals surface area contributed by atoms with Crippen LogP contribution in [-0.2, 0) is 0 Å². The Bertz CT molecular complexity index is 414. The van der Waals surface area contributed by atoms with Gasteiger partial charge in [0.05, 0.1) is 0 Å². The molecular weight excluding hydrogens is 206 g/mol. The summed E-state index contributed by atoms with van der Waals surface area (Å²) in [6, 6.07) is 0. The molecule has 0 spiro atoms. The lowest BCUT2D eigenvalue weighted by Gasteiger charge is -2.12. The molecule has 0 N–H and O–H groups in total. The van der Waals surface area contributed by atoms with Crippen LogP contribution in [0.5, 0.6) is 0 Å². The van der Waals surface area contributed by atoms with Gasteiger partial charge in [0, 0.05) is 16.7 Å². The maximum atomic E-state index is 12.7. The highest BCUT2D eigenvalue weighted by Gasteiger charge is 2.14. The average molecular weight is 222 g/mol. The van der Waals surface area contributed by atoms with Crippen LogP contribution in [0.15, 0.2) is 52.8 Å². The van der Waals surface area contributed by atoms with Crippen molar-refractivity contribution in [3.05, 3.63) is 52.8 Å². The van der Waals surface area contributed by atoms with Crippen molar-refractivity contribution < 1.29 is 8.78 Å². The third kappa shape index (κ3) is 2.80. The minimum Gasteiger partial charge on any atom is -0.205 e. The molecule has 1 aliphatic rings. The van der Waals surface area contributed by atoms with Crippen LogP contribution < -0.4 is 0 Å². The van der Waals surface area contributed by atoms with E-state index < -0.39 is 6.43 Å². The molecule has 1 rings (SSSR count). The number of halogens is 2. The van der Waals surface area contributed by atoms with E-state index in [0.29, 0.717) is 5.57 Å².